The van der Waals surface area contributed by atoms with Crippen molar-refractivity contribution >= 4 is 17.0 Å². The molecule has 0 bridgehead atoms. The van der Waals surface area contributed by atoms with E-state index in [0.29, 0.717) is 6.54 Å². The molecule has 1 N–H and O–H groups in total. The van der Waals surface area contributed by atoms with Crippen molar-refractivity contribution < 1.29 is 14.6 Å². The van der Waals surface area contributed by atoms with E-state index in [0.717, 1.165) is 49.7 Å². The molecule has 0 atom stereocenters. The number of aromatic nitrogens is 2. The molecule has 112 valence electrons. The number of ether oxygens (including phenoxy) is 1. The second-order valence-electron chi connectivity index (χ2n) is 5.20. The first-order valence-electron chi connectivity index (χ1n) is 7.20. The second-order valence-corrected chi connectivity index (χ2v) is 5.20. The van der Waals surface area contributed by atoms with E-state index >= 15 is 0 Å². The zero-order valence-corrected chi connectivity index (χ0v) is 11.9. The van der Waals surface area contributed by atoms with Crippen molar-refractivity contribution in [2.45, 2.75) is 19.5 Å². The van der Waals surface area contributed by atoms with Gasteiger partial charge >= 0.3 is 5.97 Å². The molecular weight excluding hydrogens is 270 g/mol. The summed E-state index contributed by atoms with van der Waals surface area (Å²) in [6.07, 6.45) is 0.108. The quantitative estimate of drug-likeness (QED) is 0.899. The molecule has 0 amide bonds. The van der Waals surface area contributed by atoms with Crippen LogP contribution >= 0.6 is 0 Å². The summed E-state index contributed by atoms with van der Waals surface area (Å²) < 4.78 is 7.39. The Balaban J connectivity index is 1.87. The largest absolute Gasteiger partial charge is 0.481 e. The Labute approximate surface area is 122 Å². The molecule has 2 aromatic rings. The first kappa shape index (κ1) is 14.0. The topological polar surface area (TPSA) is 67.6 Å². The number of carbonyl (C=O) groups is 1. The molecule has 0 spiro atoms. The molecule has 0 saturated carbocycles. The molecule has 1 aliphatic heterocycles. The van der Waals surface area contributed by atoms with Crippen LogP contribution in [0.25, 0.3) is 11.0 Å². The summed E-state index contributed by atoms with van der Waals surface area (Å²) in [5.41, 5.74) is 1.92. The van der Waals surface area contributed by atoms with Gasteiger partial charge in [0, 0.05) is 19.6 Å². The van der Waals surface area contributed by atoms with E-state index in [1.54, 1.807) is 0 Å². The molecule has 1 fully saturated rings. The number of rotatable bonds is 5. The average molecular weight is 289 g/mol. The molecule has 1 aromatic carbocycles. The predicted octanol–water partition coefficient (Wildman–Crippen LogP) is 1.34. The van der Waals surface area contributed by atoms with Gasteiger partial charge in [0.1, 0.15) is 5.82 Å². The molecule has 0 unspecified atom stereocenters. The van der Waals surface area contributed by atoms with Crippen molar-refractivity contribution in [2.75, 3.05) is 26.3 Å². The first-order chi connectivity index (χ1) is 10.2. The zero-order valence-electron chi connectivity index (χ0n) is 11.9. The van der Waals surface area contributed by atoms with Gasteiger partial charge in [-0.05, 0) is 12.1 Å². The van der Waals surface area contributed by atoms with E-state index in [4.69, 9.17) is 9.84 Å². The smallest absolute Gasteiger partial charge is 0.305 e. The molecule has 21 heavy (non-hydrogen) atoms. The number of nitrogens with zero attached hydrogens (tertiary/aromatic N) is 3. The Bertz CT molecular complexity index is 632. The average Bonchev–Trinajstić information content (AvgIpc) is 2.83. The van der Waals surface area contributed by atoms with Crippen LogP contribution in [0.15, 0.2) is 24.3 Å². The van der Waals surface area contributed by atoms with E-state index in [1.165, 1.54) is 0 Å². The van der Waals surface area contributed by atoms with Gasteiger partial charge < -0.3 is 14.4 Å². The van der Waals surface area contributed by atoms with Crippen molar-refractivity contribution in [1.29, 1.82) is 0 Å². The number of aryl methyl sites for hydroxylation is 1. The summed E-state index contributed by atoms with van der Waals surface area (Å²) in [4.78, 5) is 17.8. The van der Waals surface area contributed by atoms with Crippen LogP contribution in [-0.4, -0.2) is 51.8 Å². The van der Waals surface area contributed by atoms with E-state index in [9.17, 15) is 4.79 Å². The summed E-state index contributed by atoms with van der Waals surface area (Å²) in [6, 6.07) is 7.87. The molecule has 0 radical (unpaired) electrons. The van der Waals surface area contributed by atoms with Crippen LogP contribution in [0.5, 0.6) is 0 Å². The fourth-order valence-electron chi connectivity index (χ4n) is 2.66. The zero-order chi connectivity index (χ0) is 14.7. The van der Waals surface area contributed by atoms with E-state index < -0.39 is 5.97 Å². The van der Waals surface area contributed by atoms with Gasteiger partial charge in [0.2, 0.25) is 0 Å². The number of hydrogen-bond acceptors (Lipinski definition) is 4. The fraction of sp³-hybridized carbons (Fsp3) is 0.467. The molecule has 6 heteroatoms. The van der Waals surface area contributed by atoms with Gasteiger partial charge in [-0.1, -0.05) is 12.1 Å². The summed E-state index contributed by atoms with van der Waals surface area (Å²) in [5, 5.41) is 8.94. The lowest BCUT2D eigenvalue weighted by atomic mass is 10.3. The van der Waals surface area contributed by atoms with Crippen LogP contribution in [0.2, 0.25) is 0 Å². The number of carboxylic acids is 1. The van der Waals surface area contributed by atoms with E-state index in [2.05, 4.69) is 9.88 Å². The molecular formula is C15H19N3O3. The maximum Gasteiger partial charge on any atom is 0.305 e. The minimum absolute atomic E-state index is 0.108. The Morgan fingerprint density at radius 1 is 1.29 bits per heavy atom. The standard InChI is InChI=1S/C15H19N3O3/c19-15(20)5-6-18-13-4-2-1-3-12(13)16-14(18)11-17-7-9-21-10-8-17/h1-4H,5-11H2,(H,19,20). The molecule has 0 aliphatic carbocycles. The summed E-state index contributed by atoms with van der Waals surface area (Å²) in [7, 11) is 0. The maximum absolute atomic E-state index is 10.9. The summed E-state index contributed by atoms with van der Waals surface area (Å²) >= 11 is 0. The van der Waals surface area contributed by atoms with E-state index in [-0.39, 0.29) is 6.42 Å². The lowest BCUT2D eigenvalue weighted by Gasteiger charge is -2.26. The molecule has 6 nitrogen and oxygen atoms in total. The van der Waals surface area contributed by atoms with Crippen LogP contribution in [-0.2, 0) is 22.6 Å². The van der Waals surface area contributed by atoms with Crippen LogP contribution in [0.4, 0.5) is 0 Å². The number of fused-ring (bicyclic) bond motifs is 1. The van der Waals surface area contributed by atoms with Gasteiger partial charge in [-0.15, -0.1) is 0 Å². The predicted molar refractivity (Wildman–Crippen MR) is 78.1 cm³/mol. The van der Waals surface area contributed by atoms with Gasteiger partial charge in [-0.2, -0.15) is 0 Å². The summed E-state index contributed by atoms with van der Waals surface area (Å²) in [5.74, 6) is 0.143. The van der Waals surface area contributed by atoms with Crippen molar-refractivity contribution in [1.82, 2.24) is 14.5 Å². The third-order valence-corrected chi connectivity index (χ3v) is 3.75. The van der Waals surface area contributed by atoms with Crippen molar-refractivity contribution in [3.05, 3.63) is 30.1 Å². The Kier molecular flexibility index (Phi) is 4.17. The van der Waals surface area contributed by atoms with Crippen molar-refractivity contribution in [2.24, 2.45) is 0 Å². The monoisotopic (exact) mass is 289 g/mol. The molecule has 1 aromatic heterocycles. The highest BCUT2D eigenvalue weighted by Gasteiger charge is 2.16. The van der Waals surface area contributed by atoms with Crippen LogP contribution < -0.4 is 0 Å². The number of benzene rings is 1. The van der Waals surface area contributed by atoms with Crippen molar-refractivity contribution in [3.63, 3.8) is 0 Å². The number of hydrogen-bond donors (Lipinski definition) is 1. The molecule has 2 heterocycles. The minimum Gasteiger partial charge on any atom is -0.481 e. The minimum atomic E-state index is -0.787. The first-order valence-corrected chi connectivity index (χ1v) is 7.20. The van der Waals surface area contributed by atoms with Crippen LogP contribution in [0, 0.1) is 0 Å². The van der Waals surface area contributed by atoms with Gasteiger partial charge in [0.05, 0.1) is 37.2 Å². The van der Waals surface area contributed by atoms with Crippen LogP contribution in [0.1, 0.15) is 12.2 Å². The second kappa shape index (κ2) is 6.24. The number of morpholine rings is 1. The summed E-state index contributed by atoms with van der Waals surface area (Å²) in [6.45, 7) is 4.46. The normalized spacial score (nSPS) is 16.4. The number of carboxylic acid groups (broad SMARTS) is 1. The Morgan fingerprint density at radius 3 is 2.81 bits per heavy atom. The van der Waals surface area contributed by atoms with Crippen LogP contribution in [0.3, 0.4) is 0 Å². The third-order valence-electron chi connectivity index (χ3n) is 3.75. The SMILES string of the molecule is O=C(O)CCn1c(CN2CCOCC2)nc2ccccc21. The molecule has 1 saturated heterocycles. The van der Waals surface area contributed by atoms with E-state index in [1.807, 2.05) is 28.8 Å². The highest BCUT2D eigenvalue weighted by atomic mass is 16.5. The van der Waals surface area contributed by atoms with Gasteiger partial charge in [0.25, 0.3) is 0 Å². The molecule has 1 aliphatic rings. The highest BCUT2D eigenvalue weighted by Crippen LogP contribution is 2.18. The fourth-order valence-corrected chi connectivity index (χ4v) is 2.66. The van der Waals surface area contributed by atoms with Gasteiger partial charge in [0.15, 0.2) is 0 Å². The third kappa shape index (κ3) is 3.22. The van der Waals surface area contributed by atoms with Crippen molar-refractivity contribution in [3.8, 4) is 0 Å². The lowest BCUT2D eigenvalue weighted by Crippen LogP contribution is -2.36. The number of para-hydroxylation sites is 2. The number of aliphatic carboxylic acids is 1. The number of imidazole rings is 1. The maximum atomic E-state index is 10.9. The molecule has 3 rings (SSSR count). The Hall–Kier alpha value is -1.92. The highest BCUT2D eigenvalue weighted by molar-refractivity contribution is 5.76. The lowest BCUT2D eigenvalue weighted by molar-refractivity contribution is -0.137. The van der Waals surface area contributed by atoms with Gasteiger partial charge in [-0.3, -0.25) is 9.69 Å². The van der Waals surface area contributed by atoms with Gasteiger partial charge in [-0.25, -0.2) is 4.98 Å². The Morgan fingerprint density at radius 2 is 2.05 bits per heavy atom.